The van der Waals surface area contributed by atoms with Crippen LogP contribution in [0.1, 0.15) is 42.5 Å². The van der Waals surface area contributed by atoms with Crippen molar-refractivity contribution in [1.82, 2.24) is 9.78 Å². The Kier molecular flexibility index (Phi) is 5.06. The summed E-state index contributed by atoms with van der Waals surface area (Å²) in [6.45, 7) is 6.23. The lowest BCUT2D eigenvalue weighted by Crippen LogP contribution is -2.06. The van der Waals surface area contributed by atoms with Crippen molar-refractivity contribution in [2.24, 2.45) is 7.05 Å². The first-order valence-electron chi connectivity index (χ1n) is 7.05. The monoisotopic (exact) mass is 352 g/mol. The van der Waals surface area contributed by atoms with Crippen LogP contribution in [0, 0.1) is 6.92 Å². The first kappa shape index (κ1) is 16.0. The molecule has 0 radical (unpaired) electrons. The van der Waals surface area contributed by atoms with Crippen LogP contribution < -0.4 is 4.74 Å². The SMILES string of the molecule is CCc1nn(C)c(COc2cc(C)ccc2[C@@H](C)O)c1Br. The van der Waals surface area contributed by atoms with Gasteiger partial charge in [0.2, 0.25) is 0 Å². The van der Waals surface area contributed by atoms with E-state index in [9.17, 15) is 5.11 Å². The summed E-state index contributed by atoms with van der Waals surface area (Å²) < 4.78 is 8.77. The molecule has 2 rings (SSSR count). The Morgan fingerprint density at radius 3 is 2.71 bits per heavy atom. The largest absolute Gasteiger partial charge is 0.487 e. The molecule has 2 aromatic rings. The maximum atomic E-state index is 9.84. The third-order valence-electron chi connectivity index (χ3n) is 3.49. The first-order valence-corrected chi connectivity index (χ1v) is 7.85. The van der Waals surface area contributed by atoms with Gasteiger partial charge in [-0.25, -0.2) is 0 Å². The van der Waals surface area contributed by atoms with Crippen molar-refractivity contribution in [3.63, 3.8) is 0 Å². The number of nitrogens with zero attached hydrogens (tertiary/aromatic N) is 2. The van der Waals surface area contributed by atoms with Crippen LogP contribution in [0.2, 0.25) is 0 Å². The molecule has 114 valence electrons. The summed E-state index contributed by atoms with van der Waals surface area (Å²) in [6, 6.07) is 5.84. The van der Waals surface area contributed by atoms with Crippen LogP contribution in [0.5, 0.6) is 5.75 Å². The van der Waals surface area contributed by atoms with E-state index in [1.807, 2.05) is 36.9 Å². The van der Waals surface area contributed by atoms with Gasteiger partial charge in [0.25, 0.3) is 0 Å². The van der Waals surface area contributed by atoms with Crippen molar-refractivity contribution in [3.8, 4) is 5.75 Å². The van der Waals surface area contributed by atoms with E-state index in [-0.39, 0.29) is 0 Å². The summed E-state index contributed by atoms with van der Waals surface area (Å²) in [5.74, 6) is 0.719. The number of aryl methyl sites for hydroxylation is 3. The minimum absolute atomic E-state index is 0.410. The van der Waals surface area contributed by atoms with E-state index in [1.54, 1.807) is 6.92 Å². The zero-order valence-electron chi connectivity index (χ0n) is 12.9. The van der Waals surface area contributed by atoms with Gasteiger partial charge in [0.15, 0.2) is 0 Å². The van der Waals surface area contributed by atoms with Crippen molar-refractivity contribution >= 4 is 15.9 Å². The van der Waals surface area contributed by atoms with E-state index < -0.39 is 6.10 Å². The van der Waals surface area contributed by atoms with E-state index in [0.717, 1.165) is 39.2 Å². The molecule has 0 saturated carbocycles. The molecule has 1 aromatic carbocycles. The molecule has 1 atom stereocenters. The predicted octanol–water partition coefficient (Wildman–Crippen LogP) is 3.69. The molecule has 0 amide bonds. The van der Waals surface area contributed by atoms with Gasteiger partial charge in [0.05, 0.1) is 22.0 Å². The highest BCUT2D eigenvalue weighted by atomic mass is 79.9. The van der Waals surface area contributed by atoms with E-state index in [1.165, 1.54) is 0 Å². The molecular formula is C16H21BrN2O2. The Bertz CT molecular complexity index is 635. The second-order valence-electron chi connectivity index (χ2n) is 5.19. The Morgan fingerprint density at radius 1 is 1.43 bits per heavy atom. The van der Waals surface area contributed by atoms with E-state index in [4.69, 9.17) is 4.74 Å². The normalized spacial score (nSPS) is 12.5. The lowest BCUT2D eigenvalue weighted by atomic mass is 10.1. The average Bonchev–Trinajstić information content (AvgIpc) is 2.71. The molecule has 0 aliphatic rings. The van der Waals surface area contributed by atoms with Gasteiger partial charge in [0, 0.05) is 12.6 Å². The van der Waals surface area contributed by atoms with E-state index in [2.05, 4.69) is 28.0 Å². The second kappa shape index (κ2) is 6.62. The number of ether oxygens (including phenoxy) is 1. The fraction of sp³-hybridized carbons (Fsp3) is 0.438. The molecule has 0 aliphatic carbocycles. The van der Waals surface area contributed by atoms with Crippen LogP contribution in [-0.4, -0.2) is 14.9 Å². The molecule has 0 unspecified atom stereocenters. The van der Waals surface area contributed by atoms with Crippen molar-refractivity contribution in [2.45, 2.75) is 39.9 Å². The highest BCUT2D eigenvalue weighted by Crippen LogP contribution is 2.28. The van der Waals surface area contributed by atoms with Crippen LogP contribution in [0.4, 0.5) is 0 Å². The molecule has 0 saturated heterocycles. The number of hydrogen-bond donors (Lipinski definition) is 1. The Morgan fingerprint density at radius 2 is 2.14 bits per heavy atom. The molecule has 21 heavy (non-hydrogen) atoms. The Balaban J connectivity index is 2.24. The average molecular weight is 353 g/mol. The Hall–Kier alpha value is -1.33. The summed E-state index contributed by atoms with van der Waals surface area (Å²) in [5.41, 5.74) is 3.92. The van der Waals surface area contributed by atoms with Crippen LogP contribution >= 0.6 is 15.9 Å². The smallest absolute Gasteiger partial charge is 0.131 e. The van der Waals surface area contributed by atoms with Gasteiger partial charge in [-0.3, -0.25) is 4.68 Å². The second-order valence-corrected chi connectivity index (χ2v) is 5.98. The number of benzene rings is 1. The number of rotatable bonds is 5. The van der Waals surface area contributed by atoms with Crippen LogP contribution in [-0.2, 0) is 20.1 Å². The van der Waals surface area contributed by atoms with Gasteiger partial charge in [-0.1, -0.05) is 19.1 Å². The predicted molar refractivity (Wildman–Crippen MR) is 86.4 cm³/mol. The third kappa shape index (κ3) is 3.47. The molecular weight excluding hydrogens is 332 g/mol. The molecule has 1 N–H and O–H groups in total. The van der Waals surface area contributed by atoms with Crippen molar-refractivity contribution in [3.05, 3.63) is 45.2 Å². The lowest BCUT2D eigenvalue weighted by molar-refractivity contribution is 0.189. The van der Waals surface area contributed by atoms with E-state index >= 15 is 0 Å². The molecule has 0 spiro atoms. The zero-order chi connectivity index (χ0) is 15.6. The molecule has 0 aliphatic heterocycles. The minimum atomic E-state index is -0.554. The zero-order valence-corrected chi connectivity index (χ0v) is 14.4. The lowest BCUT2D eigenvalue weighted by Gasteiger charge is -2.14. The maximum Gasteiger partial charge on any atom is 0.131 e. The molecule has 1 aromatic heterocycles. The summed E-state index contributed by atoms with van der Waals surface area (Å²) in [6.07, 6.45) is 0.319. The van der Waals surface area contributed by atoms with E-state index in [0.29, 0.717) is 6.61 Å². The maximum absolute atomic E-state index is 9.84. The number of aliphatic hydroxyl groups excluding tert-OH is 1. The van der Waals surface area contributed by atoms with Gasteiger partial charge in [-0.05, 0) is 47.8 Å². The van der Waals surface area contributed by atoms with Gasteiger partial charge < -0.3 is 9.84 Å². The highest BCUT2D eigenvalue weighted by Gasteiger charge is 2.15. The summed E-state index contributed by atoms with van der Waals surface area (Å²) >= 11 is 3.59. The standard InChI is InChI=1S/C16H21BrN2O2/c1-5-13-16(17)14(19(4)18-13)9-21-15-8-10(2)6-7-12(15)11(3)20/h6-8,11,20H,5,9H2,1-4H3/t11-/m1/s1. The van der Waals surface area contributed by atoms with Gasteiger partial charge in [-0.15, -0.1) is 0 Å². The highest BCUT2D eigenvalue weighted by molar-refractivity contribution is 9.10. The van der Waals surface area contributed by atoms with Crippen molar-refractivity contribution in [1.29, 1.82) is 0 Å². The quantitative estimate of drug-likeness (QED) is 0.892. The van der Waals surface area contributed by atoms with Gasteiger partial charge >= 0.3 is 0 Å². The molecule has 0 bridgehead atoms. The first-order chi connectivity index (χ1) is 9.93. The molecule has 5 heteroatoms. The molecule has 1 heterocycles. The number of halogens is 1. The fourth-order valence-corrected chi connectivity index (χ4v) is 2.97. The molecule has 4 nitrogen and oxygen atoms in total. The van der Waals surface area contributed by atoms with Crippen LogP contribution in [0.15, 0.2) is 22.7 Å². The topological polar surface area (TPSA) is 47.3 Å². The summed E-state index contributed by atoms with van der Waals surface area (Å²) in [4.78, 5) is 0. The molecule has 0 fully saturated rings. The van der Waals surface area contributed by atoms with Gasteiger partial charge in [-0.2, -0.15) is 5.10 Å². The van der Waals surface area contributed by atoms with Crippen LogP contribution in [0.3, 0.4) is 0 Å². The summed E-state index contributed by atoms with van der Waals surface area (Å²) in [5, 5.41) is 14.3. The van der Waals surface area contributed by atoms with Crippen molar-refractivity contribution in [2.75, 3.05) is 0 Å². The van der Waals surface area contributed by atoms with Gasteiger partial charge in [0.1, 0.15) is 12.4 Å². The summed E-state index contributed by atoms with van der Waals surface area (Å²) in [7, 11) is 1.91. The number of aliphatic hydroxyl groups is 1. The Labute approximate surface area is 133 Å². The van der Waals surface area contributed by atoms with Crippen molar-refractivity contribution < 1.29 is 9.84 Å². The fourth-order valence-electron chi connectivity index (χ4n) is 2.23. The minimum Gasteiger partial charge on any atom is -0.487 e. The number of aromatic nitrogens is 2. The number of hydrogen-bond acceptors (Lipinski definition) is 3. The van der Waals surface area contributed by atoms with Crippen LogP contribution in [0.25, 0.3) is 0 Å². The third-order valence-corrected chi connectivity index (χ3v) is 4.40.